The number of likely N-dealkylation sites (tertiary alicyclic amines) is 1. The van der Waals surface area contributed by atoms with Crippen molar-refractivity contribution in [1.29, 1.82) is 0 Å². The van der Waals surface area contributed by atoms with Gasteiger partial charge in [-0.1, -0.05) is 18.2 Å². The van der Waals surface area contributed by atoms with E-state index in [0.29, 0.717) is 30.4 Å². The Labute approximate surface area is 163 Å². The van der Waals surface area contributed by atoms with Gasteiger partial charge in [0.25, 0.3) is 5.91 Å². The van der Waals surface area contributed by atoms with Crippen LogP contribution in [0, 0.1) is 12.8 Å². The van der Waals surface area contributed by atoms with Crippen LogP contribution in [-0.2, 0) is 9.59 Å². The van der Waals surface area contributed by atoms with Crippen molar-refractivity contribution in [3.8, 4) is 11.5 Å². The number of carbonyl (C=O) groups excluding carboxylic acids is 2. The highest BCUT2D eigenvalue weighted by atomic mass is 16.6. The minimum atomic E-state index is -0.685. The van der Waals surface area contributed by atoms with E-state index < -0.39 is 6.10 Å². The Kier molecular flexibility index (Phi) is 5.14. The molecule has 0 radical (unpaired) electrons. The number of pyridine rings is 1. The van der Waals surface area contributed by atoms with Crippen LogP contribution in [0.3, 0.4) is 0 Å². The molecule has 28 heavy (non-hydrogen) atoms. The number of fused-ring (bicyclic) bond motifs is 1. The van der Waals surface area contributed by atoms with Crippen molar-refractivity contribution < 1.29 is 19.1 Å². The summed E-state index contributed by atoms with van der Waals surface area (Å²) < 4.78 is 11.5. The number of nitrogens with zero attached hydrogens (tertiary/aromatic N) is 2. The van der Waals surface area contributed by atoms with Crippen molar-refractivity contribution in [2.24, 2.45) is 5.92 Å². The molecule has 0 spiro atoms. The number of anilines is 1. The lowest BCUT2D eigenvalue weighted by Crippen LogP contribution is -2.51. The largest absolute Gasteiger partial charge is 0.485 e. The lowest BCUT2D eigenvalue weighted by Gasteiger charge is -2.35. The molecule has 1 N–H and O–H groups in total. The number of hydrogen-bond donors (Lipinski definition) is 1. The molecule has 1 fully saturated rings. The Bertz CT molecular complexity index is 885. The summed E-state index contributed by atoms with van der Waals surface area (Å²) in [6, 6.07) is 12.8. The van der Waals surface area contributed by atoms with Gasteiger partial charge in [-0.2, -0.15) is 0 Å². The fraction of sp³-hybridized carbons (Fsp3) is 0.381. The number of aryl methyl sites for hydroxylation is 1. The Morgan fingerprint density at radius 3 is 2.79 bits per heavy atom. The summed E-state index contributed by atoms with van der Waals surface area (Å²) >= 11 is 0. The third kappa shape index (κ3) is 3.93. The number of piperidine rings is 1. The highest BCUT2D eigenvalue weighted by Crippen LogP contribution is 2.31. The van der Waals surface area contributed by atoms with E-state index in [2.05, 4.69) is 10.3 Å². The smallest absolute Gasteiger partial charge is 0.267 e. The molecule has 1 saturated heterocycles. The maximum absolute atomic E-state index is 12.9. The molecular weight excluding hydrogens is 358 g/mol. The van der Waals surface area contributed by atoms with Crippen molar-refractivity contribution in [3.63, 3.8) is 0 Å². The number of benzene rings is 1. The average molecular weight is 381 g/mol. The quantitative estimate of drug-likeness (QED) is 0.883. The van der Waals surface area contributed by atoms with Crippen LogP contribution in [0.25, 0.3) is 0 Å². The number of nitrogens with one attached hydrogen (secondary N) is 1. The molecule has 3 heterocycles. The first-order chi connectivity index (χ1) is 13.6. The fourth-order valence-electron chi connectivity index (χ4n) is 3.58. The molecule has 2 aliphatic heterocycles. The molecule has 0 bridgehead atoms. The molecule has 2 atom stereocenters. The molecule has 2 amide bonds. The molecule has 1 aromatic carbocycles. The van der Waals surface area contributed by atoms with E-state index in [9.17, 15) is 9.59 Å². The van der Waals surface area contributed by atoms with Gasteiger partial charge in [0.05, 0.1) is 5.92 Å². The van der Waals surface area contributed by atoms with E-state index in [1.165, 1.54) is 0 Å². The van der Waals surface area contributed by atoms with Gasteiger partial charge in [0.2, 0.25) is 12.0 Å². The number of ether oxygens (including phenoxy) is 2. The van der Waals surface area contributed by atoms with Gasteiger partial charge >= 0.3 is 0 Å². The maximum atomic E-state index is 12.9. The molecule has 7 heteroatoms. The van der Waals surface area contributed by atoms with E-state index in [-0.39, 0.29) is 24.3 Å². The minimum Gasteiger partial charge on any atom is -0.485 e. The van der Waals surface area contributed by atoms with Gasteiger partial charge in [-0.05, 0) is 44.0 Å². The highest BCUT2D eigenvalue weighted by Gasteiger charge is 2.35. The standard InChI is InChI=1S/C21H23N3O4/c1-14-6-4-10-19(22-14)23-20(25)15-7-5-11-24(12-15)21(26)18-13-27-16-8-2-3-9-17(16)28-18/h2-4,6,8-10,15,18H,5,7,11-13H2,1H3,(H,22,23,25)/t15-,18-/m1/s1. The minimum absolute atomic E-state index is 0.109. The second kappa shape index (κ2) is 7.88. The van der Waals surface area contributed by atoms with Gasteiger partial charge in [-0.15, -0.1) is 0 Å². The summed E-state index contributed by atoms with van der Waals surface area (Å²) in [5.41, 5.74) is 0.841. The predicted octanol–water partition coefficient (Wildman–Crippen LogP) is 2.41. The second-order valence-electron chi connectivity index (χ2n) is 7.14. The van der Waals surface area contributed by atoms with Crippen molar-refractivity contribution in [2.75, 3.05) is 25.0 Å². The predicted molar refractivity (Wildman–Crippen MR) is 103 cm³/mol. The van der Waals surface area contributed by atoms with Gasteiger partial charge in [0, 0.05) is 18.8 Å². The Hall–Kier alpha value is -3.09. The van der Waals surface area contributed by atoms with Gasteiger partial charge in [-0.3, -0.25) is 9.59 Å². The molecule has 4 rings (SSSR count). The number of aromatic nitrogens is 1. The van der Waals surface area contributed by atoms with Crippen LogP contribution in [0.1, 0.15) is 18.5 Å². The Morgan fingerprint density at radius 2 is 1.96 bits per heavy atom. The molecular formula is C21H23N3O4. The van der Waals surface area contributed by atoms with Crippen LogP contribution in [0.4, 0.5) is 5.82 Å². The van der Waals surface area contributed by atoms with E-state index in [4.69, 9.17) is 9.47 Å². The number of carbonyl (C=O) groups is 2. The van der Waals surface area contributed by atoms with E-state index >= 15 is 0 Å². The third-order valence-electron chi connectivity index (χ3n) is 5.03. The molecule has 0 unspecified atom stereocenters. The van der Waals surface area contributed by atoms with Crippen molar-refractivity contribution >= 4 is 17.6 Å². The lowest BCUT2D eigenvalue weighted by atomic mass is 9.96. The normalized spacial score (nSPS) is 21.1. The summed E-state index contributed by atoms with van der Waals surface area (Å²) in [5, 5.41) is 2.86. The number of hydrogen-bond acceptors (Lipinski definition) is 5. The lowest BCUT2D eigenvalue weighted by molar-refractivity contribution is -0.143. The van der Waals surface area contributed by atoms with Crippen LogP contribution >= 0.6 is 0 Å². The molecule has 7 nitrogen and oxygen atoms in total. The van der Waals surface area contributed by atoms with Crippen molar-refractivity contribution in [1.82, 2.24) is 9.88 Å². The first kappa shape index (κ1) is 18.3. The average Bonchev–Trinajstić information content (AvgIpc) is 2.73. The second-order valence-corrected chi connectivity index (χ2v) is 7.14. The first-order valence-electron chi connectivity index (χ1n) is 9.52. The molecule has 2 aromatic rings. The van der Waals surface area contributed by atoms with Gasteiger partial charge in [-0.25, -0.2) is 4.98 Å². The van der Waals surface area contributed by atoms with Crippen molar-refractivity contribution in [3.05, 3.63) is 48.2 Å². The Balaban J connectivity index is 1.38. The fourth-order valence-corrected chi connectivity index (χ4v) is 3.58. The van der Waals surface area contributed by atoms with E-state index in [1.807, 2.05) is 37.3 Å². The number of amides is 2. The van der Waals surface area contributed by atoms with Crippen LogP contribution in [-0.4, -0.2) is 47.5 Å². The summed E-state index contributed by atoms with van der Waals surface area (Å²) in [6.45, 7) is 3.04. The maximum Gasteiger partial charge on any atom is 0.267 e. The summed E-state index contributed by atoms with van der Waals surface area (Å²) in [4.78, 5) is 31.6. The van der Waals surface area contributed by atoms with Crippen LogP contribution < -0.4 is 14.8 Å². The van der Waals surface area contributed by atoms with Crippen LogP contribution in [0.15, 0.2) is 42.5 Å². The van der Waals surface area contributed by atoms with Crippen LogP contribution in [0.2, 0.25) is 0 Å². The molecule has 146 valence electrons. The summed E-state index contributed by atoms with van der Waals surface area (Å²) in [5.74, 6) is 1.24. The Morgan fingerprint density at radius 1 is 1.14 bits per heavy atom. The zero-order chi connectivity index (χ0) is 19.5. The zero-order valence-corrected chi connectivity index (χ0v) is 15.8. The molecule has 1 aromatic heterocycles. The van der Waals surface area contributed by atoms with Crippen molar-refractivity contribution in [2.45, 2.75) is 25.9 Å². The molecule has 2 aliphatic rings. The van der Waals surface area contributed by atoms with Gasteiger partial charge in [0.1, 0.15) is 12.4 Å². The van der Waals surface area contributed by atoms with E-state index in [1.54, 1.807) is 17.0 Å². The molecule has 0 saturated carbocycles. The molecule has 0 aliphatic carbocycles. The zero-order valence-electron chi connectivity index (χ0n) is 15.8. The SMILES string of the molecule is Cc1cccc(NC(=O)[C@@H]2CCCN(C(=O)[C@H]3COc4ccccc4O3)C2)n1. The van der Waals surface area contributed by atoms with Gasteiger partial charge < -0.3 is 19.7 Å². The third-order valence-corrected chi connectivity index (χ3v) is 5.03. The van der Waals surface area contributed by atoms with Crippen LogP contribution in [0.5, 0.6) is 11.5 Å². The van der Waals surface area contributed by atoms with E-state index in [0.717, 1.165) is 18.5 Å². The summed E-state index contributed by atoms with van der Waals surface area (Å²) in [7, 11) is 0. The topological polar surface area (TPSA) is 80.8 Å². The monoisotopic (exact) mass is 381 g/mol. The first-order valence-corrected chi connectivity index (χ1v) is 9.52. The number of para-hydroxylation sites is 2. The highest BCUT2D eigenvalue weighted by molar-refractivity contribution is 5.92. The van der Waals surface area contributed by atoms with Gasteiger partial charge in [0.15, 0.2) is 11.5 Å². The number of rotatable bonds is 3. The summed E-state index contributed by atoms with van der Waals surface area (Å²) in [6.07, 6.45) is 0.830.